The first-order valence-electron chi connectivity index (χ1n) is 5.74. The van der Waals surface area contributed by atoms with Crippen LogP contribution in [-0.4, -0.2) is 37.7 Å². The number of hydrogen-bond donors (Lipinski definition) is 1. The molecule has 0 spiro atoms. The summed E-state index contributed by atoms with van der Waals surface area (Å²) < 4.78 is 10.7. The Labute approximate surface area is 94.5 Å². The molecule has 5 heteroatoms. The fraction of sp³-hybridized carbons (Fsp3) is 0.818. The van der Waals surface area contributed by atoms with Crippen molar-refractivity contribution in [2.24, 2.45) is 5.41 Å². The van der Waals surface area contributed by atoms with Gasteiger partial charge in [-0.3, -0.25) is 9.59 Å². The molecule has 2 unspecified atom stereocenters. The van der Waals surface area contributed by atoms with E-state index in [4.69, 9.17) is 9.47 Å². The van der Waals surface area contributed by atoms with E-state index >= 15 is 0 Å². The molecule has 2 heterocycles. The van der Waals surface area contributed by atoms with Crippen LogP contribution in [0.4, 0.5) is 0 Å². The number of fused-ring (bicyclic) bond motifs is 1. The molecule has 2 rings (SSSR count). The highest BCUT2D eigenvalue weighted by Gasteiger charge is 2.52. The van der Waals surface area contributed by atoms with Gasteiger partial charge in [-0.2, -0.15) is 0 Å². The first kappa shape index (κ1) is 11.4. The molecule has 2 aliphatic heterocycles. The Morgan fingerprint density at radius 1 is 1.69 bits per heavy atom. The number of nitrogens with one attached hydrogen (secondary N) is 1. The summed E-state index contributed by atoms with van der Waals surface area (Å²) in [6.07, 6.45) is 1.52. The molecule has 0 aromatic heterocycles. The molecular formula is C11H17NO4. The van der Waals surface area contributed by atoms with Crippen LogP contribution in [0, 0.1) is 5.41 Å². The van der Waals surface area contributed by atoms with Gasteiger partial charge in [-0.1, -0.05) is 0 Å². The summed E-state index contributed by atoms with van der Waals surface area (Å²) in [6.45, 7) is 3.12. The third-order valence-corrected chi connectivity index (χ3v) is 3.36. The van der Waals surface area contributed by atoms with Crippen LogP contribution < -0.4 is 5.32 Å². The van der Waals surface area contributed by atoms with Gasteiger partial charge in [0.15, 0.2) is 0 Å². The van der Waals surface area contributed by atoms with Crippen LogP contribution in [0.15, 0.2) is 0 Å². The Balaban J connectivity index is 2.19. The molecule has 16 heavy (non-hydrogen) atoms. The minimum absolute atomic E-state index is 0.0492. The van der Waals surface area contributed by atoms with E-state index in [-0.39, 0.29) is 24.4 Å². The Morgan fingerprint density at radius 3 is 3.25 bits per heavy atom. The lowest BCUT2D eigenvalue weighted by Gasteiger charge is -2.44. The zero-order valence-electron chi connectivity index (χ0n) is 9.45. The molecule has 2 saturated heterocycles. The number of esters is 1. The van der Waals surface area contributed by atoms with Crippen molar-refractivity contribution in [2.75, 3.05) is 19.8 Å². The molecule has 5 nitrogen and oxygen atoms in total. The molecule has 0 aromatic carbocycles. The quantitative estimate of drug-likeness (QED) is 0.686. The predicted octanol–water partition coefficient (Wildman–Crippen LogP) is 0.235. The van der Waals surface area contributed by atoms with Crippen molar-refractivity contribution in [1.29, 1.82) is 0 Å². The van der Waals surface area contributed by atoms with Crippen LogP contribution in [0.5, 0.6) is 0 Å². The molecule has 1 amide bonds. The van der Waals surface area contributed by atoms with Crippen LogP contribution in [-0.2, 0) is 19.1 Å². The standard InChI is InChI=1S/C11H17NO4/c1-2-15-10(14)11-4-3-5-16-8(11)6-9(13)12-7-11/h8H,2-7H2,1H3,(H,12,13). The fourth-order valence-electron chi connectivity index (χ4n) is 2.47. The summed E-state index contributed by atoms with van der Waals surface area (Å²) in [7, 11) is 0. The maximum Gasteiger partial charge on any atom is 0.316 e. The van der Waals surface area contributed by atoms with Gasteiger partial charge in [0.25, 0.3) is 0 Å². The highest BCUT2D eigenvalue weighted by molar-refractivity contribution is 5.85. The SMILES string of the molecule is CCOC(=O)C12CCCOC1CC(=O)NC2. The first-order valence-corrected chi connectivity index (χ1v) is 5.74. The summed E-state index contributed by atoms with van der Waals surface area (Å²) in [5, 5.41) is 2.74. The van der Waals surface area contributed by atoms with Gasteiger partial charge < -0.3 is 14.8 Å². The van der Waals surface area contributed by atoms with Gasteiger partial charge in [0, 0.05) is 13.2 Å². The molecule has 2 atom stereocenters. The van der Waals surface area contributed by atoms with E-state index in [1.807, 2.05) is 0 Å². The van der Waals surface area contributed by atoms with Crippen molar-refractivity contribution in [3.63, 3.8) is 0 Å². The summed E-state index contributed by atoms with van der Waals surface area (Å²) in [4.78, 5) is 23.3. The van der Waals surface area contributed by atoms with Crippen LogP contribution in [0.3, 0.4) is 0 Å². The highest BCUT2D eigenvalue weighted by atomic mass is 16.5. The average molecular weight is 227 g/mol. The number of carbonyl (C=O) groups excluding carboxylic acids is 2. The highest BCUT2D eigenvalue weighted by Crippen LogP contribution is 2.39. The summed E-state index contributed by atoms with van der Waals surface area (Å²) in [6, 6.07) is 0. The largest absolute Gasteiger partial charge is 0.465 e. The van der Waals surface area contributed by atoms with Crippen LogP contribution in [0.2, 0.25) is 0 Å². The van der Waals surface area contributed by atoms with E-state index < -0.39 is 5.41 Å². The number of ether oxygens (including phenoxy) is 2. The van der Waals surface area contributed by atoms with E-state index in [9.17, 15) is 9.59 Å². The van der Waals surface area contributed by atoms with Gasteiger partial charge in [0.05, 0.1) is 19.1 Å². The average Bonchev–Trinajstić information content (AvgIpc) is 2.29. The zero-order valence-corrected chi connectivity index (χ0v) is 9.45. The second-order valence-corrected chi connectivity index (χ2v) is 4.32. The second kappa shape index (κ2) is 4.41. The summed E-state index contributed by atoms with van der Waals surface area (Å²) in [5.41, 5.74) is -0.651. The van der Waals surface area contributed by atoms with Gasteiger partial charge in [-0.05, 0) is 19.8 Å². The van der Waals surface area contributed by atoms with E-state index in [0.29, 0.717) is 19.8 Å². The minimum atomic E-state index is -0.651. The minimum Gasteiger partial charge on any atom is -0.465 e. The number of amides is 1. The molecule has 0 radical (unpaired) electrons. The van der Waals surface area contributed by atoms with E-state index in [0.717, 1.165) is 12.8 Å². The Kier molecular flexibility index (Phi) is 3.14. The van der Waals surface area contributed by atoms with Crippen molar-refractivity contribution in [2.45, 2.75) is 32.3 Å². The van der Waals surface area contributed by atoms with E-state index in [1.165, 1.54) is 0 Å². The fourth-order valence-corrected chi connectivity index (χ4v) is 2.47. The number of carbonyl (C=O) groups is 2. The van der Waals surface area contributed by atoms with Crippen molar-refractivity contribution < 1.29 is 19.1 Å². The molecule has 0 aliphatic carbocycles. The molecule has 0 bridgehead atoms. The van der Waals surface area contributed by atoms with E-state index in [2.05, 4.69) is 5.32 Å². The summed E-state index contributed by atoms with van der Waals surface area (Å²) >= 11 is 0. The van der Waals surface area contributed by atoms with Gasteiger partial charge in [0.1, 0.15) is 5.41 Å². The lowest BCUT2D eigenvalue weighted by molar-refractivity contribution is -0.179. The van der Waals surface area contributed by atoms with Crippen LogP contribution >= 0.6 is 0 Å². The maximum atomic E-state index is 12.0. The molecule has 2 aliphatic rings. The van der Waals surface area contributed by atoms with Crippen molar-refractivity contribution >= 4 is 11.9 Å². The molecule has 0 aromatic rings. The number of piperidine rings is 1. The van der Waals surface area contributed by atoms with Gasteiger partial charge in [0.2, 0.25) is 5.91 Å². The van der Waals surface area contributed by atoms with Crippen LogP contribution in [0.25, 0.3) is 0 Å². The monoisotopic (exact) mass is 227 g/mol. The van der Waals surface area contributed by atoms with Gasteiger partial charge >= 0.3 is 5.97 Å². The van der Waals surface area contributed by atoms with Crippen molar-refractivity contribution in [1.82, 2.24) is 5.32 Å². The molecule has 0 saturated carbocycles. The predicted molar refractivity (Wildman–Crippen MR) is 55.7 cm³/mol. The topological polar surface area (TPSA) is 64.6 Å². The Bertz CT molecular complexity index is 304. The third-order valence-electron chi connectivity index (χ3n) is 3.36. The molecular weight excluding hydrogens is 210 g/mol. The van der Waals surface area contributed by atoms with Gasteiger partial charge in [-0.25, -0.2) is 0 Å². The smallest absolute Gasteiger partial charge is 0.316 e. The maximum absolute atomic E-state index is 12.0. The Hall–Kier alpha value is -1.10. The van der Waals surface area contributed by atoms with E-state index in [1.54, 1.807) is 6.92 Å². The van der Waals surface area contributed by atoms with Crippen LogP contribution in [0.1, 0.15) is 26.2 Å². The van der Waals surface area contributed by atoms with Crippen molar-refractivity contribution in [3.05, 3.63) is 0 Å². The molecule has 90 valence electrons. The summed E-state index contributed by atoms with van der Waals surface area (Å²) in [5.74, 6) is -0.286. The lowest BCUT2D eigenvalue weighted by Crippen LogP contribution is -2.59. The van der Waals surface area contributed by atoms with Gasteiger partial charge in [-0.15, -0.1) is 0 Å². The normalized spacial score (nSPS) is 33.8. The number of hydrogen-bond acceptors (Lipinski definition) is 4. The number of rotatable bonds is 2. The van der Waals surface area contributed by atoms with Crippen molar-refractivity contribution in [3.8, 4) is 0 Å². The lowest BCUT2D eigenvalue weighted by atomic mass is 9.73. The third kappa shape index (κ3) is 1.80. The zero-order chi connectivity index (χ0) is 11.6. The second-order valence-electron chi connectivity index (χ2n) is 4.32. The Morgan fingerprint density at radius 2 is 2.50 bits per heavy atom. The molecule has 2 fully saturated rings. The molecule has 1 N–H and O–H groups in total. The first-order chi connectivity index (χ1) is 7.69.